The first-order valence-electron chi connectivity index (χ1n) is 28.4. The molecule has 13 rings (SSSR count). The number of rotatable bonds is 6. The van der Waals surface area contributed by atoms with Gasteiger partial charge in [0.15, 0.2) is 0 Å². The van der Waals surface area contributed by atoms with E-state index in [-0.39, 0.29) is 27.4 Å². The van der Waals surface area contributed by atoms with Gasteiger partial charge in [0.1, 0.15) is 0 Å². The van der Waals surface area contributed by atoms with Gasteiger partial charge in [0, 0.05) is 49.3 Å². The van der Waals surface area contributed by atoms with Gasteiger partial charge in [0.25, 0.3) is 0 Å². The van der Waals surface area contributed by atoms with Gasteiger partial charge in [-0.15, -0.1) is 0 Å². The minimum Gasteiger partial charge on any atom is -0.309 e. The summed E-state index contributed by atoms with van der Waals surface area (Å²) < 4.78 is 151. The average molecular weight is 818 g/mol. The van der Waals surface area contributed by atoms with Crippen LogP contribution in [-0.2, 0) is 0 Å². The third kappa shape index (κ3) is 5.40. The first-order valence-corrected chi connectivity index (χ1v) is 20.4. The zero-order valence-electron chi connectivity index (χ0n) is 49.1. The number of aromatic nitrogens is 3. The Balaban J connectivity index is 1.13. The Morgan fingerprint density at radius 1 is 0.286 bits per heavy atom. The van der Waals surface area contributed by atoms with Crippen molar-refractivity contribution in [1.82, 2.24) is 13.7 Å². The molecule has 3 nitrogen and oxygen atoms in total. The SMILES string of the molecule is [2H]c1c([2H])c([2H])c(-c2c([2H])c([2H])c(-n3c4c([2H])c([2H])c([2H])c([2H])c4c4c(-c5ccccc5-n5c6ccccc6c6c5ccc5c7ccccc7n(-c7ccc(-c8ccccc8)cc7)c56)c([2H])c([2H])c([2H])c43)c([2H])c2[2H])c([2H])c1[2H]. The van der Waals surface area contributed by atoms with Gasteiger partial charge in [-0.05, 0) is 88.4 Å². The summed E-state index contributed by atoms with van der Waals surface area (Å²) >= 11 is 0. The molecule has 3 aromatic heterocycles. The molecule has 0 aliphatic heterocycles. The normalized spacial score (nSPS) is 15.4. The molecule has 63 heavy (non-hydrogen) atoms. The van der Waals surface area contributed by atoms with Gasteiger partial charge in [-0.25, -0.2) is 0 Å². The summed E-state index contributed by atoms with van der Waals surface area (Å²) in [5.74, 6) is 0. The Hall–Kier alpha value is -8.40. The molecule has 0 spiro atoms. The summed E-state index contributed by atoms with van der Waals surface area (Å²) in [6, 6.07) is 34.5. The topological polar surface area (TPSA) is 14.8 Å². The third-order valence-electron chi connectivity index (χ3n) is 11.9. The van der Waals surface area contributed by atoms with Crippen molar-refractivity contribution < 1.29 is 21.9 Å². The lowest BCUT2D eigenvalue weighted by atomic mass is 9.97. The fraction of sp³-hybridized carbons (Fsp3) is 0. The molecular weight excluding hydrogens is 763 g/mol. The Morgan fingerprint density at radius 2 is 0.937 bits per heavy atom. The van der Waals surface area contributed by atoms with E-state index in [1.54, 1.807) is 12.1 Å². The number of nitrogens with zero attached hydrogens (tertiary/aromatic N) is 3. The molecule has 0 radical (unpaired) electrons. The molecule has 0 N–H and O–H groups in total. The minimum absolute atomic E-state index is 0.00832. The van der Waals surface area contributed by atoms with E-state index in [1.165, 1.54) is 0 Å². The summed E-state index contributed by atoms with van der Waals surface area (Å²) in [5.41, 5.74) is 4.89. The molecule has 3 heterocycles. The van der Waals surface area contributed by atoms with E-state index in [2.05, 4.69) is 63.7 Å². The van der Waals surface area contributed by atoms with Crippen LogP contribution in [-0.4, -0.2) is 13.7 Å². The van der Waals surface area contributed by atoms with Crippen molar-refractivity contribution in [3.05, 3.63) is 236 Å². The van der Waals surface area contributed by atoms with Gasteiger partial charge < -0.3 is 13.7 Å². The van der Waals surface area contributed by atoms with Gasteiger partial charge in [0.2, 0.25) is 0 Å². The van der Waals surface area contributed by atoms with Gasteiger partial charge in [-0.3, -0.25) is 0 Å². The predicted molar refractivity (Wildman–Crippen MR) is 266 cm³/mol. The smallest absolute Gasteiger partial charge is 0.0645 e. The second kappa shape index (κ2) is 14.1. The quantitative estimate of drug-likeness (QED) is 0.159. The predicted octanol–water partition coefficient (Wildman–Crippen LogP) is 16.0. The lowest BCUT2D eigenvalue weighted by Gasteiger charge is -2.15. The summed E-state index contributed by atoms with van der Waals surface area (Å²) in [6.45, 7) is 0. The van der Waals surface area contributed by atoms with E-state index in [0.29, 0.717) is 11.3 Å². The van der Waals surface area contributed by atoms with Crippen LogP contribution in [0.15, 0.2) is 236 Å². The molecule has 0 amide bonds. The van der Waals surface area contributed by atoms with E-state index >= 15 is 0 Å². The van der Waals surface area contributed by atoms with E-state index in [4.69, 9.17) is 9.60 Å². The van der Waals surface area contributed by atoms with Crippen molar-refractivity contribution in [3.63, 3.8) is 0 Å². The van der Waals surface area contributed by atoms with E-state index < -0.39 is 113 Å². The number of fused-ring (bicyclic) bond motifs is 10. The van der Waals surface area contributed by atoms with Gasteiger partial charge >= 0.3 is 0 Å². The van der Waals surface area contributed by atoms with Crippen molar-refractivity contribution in [2.75, 3.05) is 0 Å². The highest BCUT2D eigenvalue weighted by Gasteiger charge is 2.23. The van der Waals surface area contributed by atoms with E-state index in [0.717, 1.165) is 65.0 Å². The van der Waals surface area contributed by atoms with Crippen LogP contribution in [0.2, 0.25) is 0 Å². The molecule has 0 fully saturated rings. The molecule has 10 aromatic carbocycles. The molecule has 0 unspecified atom stereocenters. The fourth-order valence-electron chi connectivity index (χ4n) is 9.27. The Morgan fingerprint density at radius 3 is 1.76 bits per heavy atom. The Labute approximate surface area is 387 Å². The highest BCUT2D eigenvalue weighted by atomic mass is 15.0. The second-order valence-corrected chi connectivity index (χ2v) is 15.2. The number of benzene rings is 10. The van der Waals surface area contributed by atoms with Gasteiger partial charge in [-0.1, -0.05) is 176 Å². The van der Waals surface area contributed by atoms with Crippen molar-refractivity contribution in [2.24, 2.45) is 0 Å². The monoisotopic (exact) mass is 817 g/mol. The molecule has 0 atom stereocenters. The fourth-order valence-corrected chi connectivity index (χ4v) is 9.27. The molecule has 13 aromatic rings. The van der Waals surface area contributed by atoms with Gasteiger partial charge in [-0.2, -0.15) is 0 Å². The molecular formula is C60H39N3. The van der Waals surface area contributed by atoms with Crippen LogP contribution in [0.3, 0.4) is 0 Å². The van der Waals surface area contributed by atoms with Crippen LogP contribution in [0.5, 0.6) is 0 Å². The maximum atomic E-state index is 9.81. The molecule has 0 saturated carbocycles. The Bertz CT molecular complexity index is 4790. The van der Waals surface area contributed by atoms with Crippen LogP contribution in [0.1, 0.15) is 21.9 Å². The van der Waals surface area contributed by atoms with Gasteiger partial charge in [0.05, 0.1) is 60.7 Å². The molecule has 3 heteroatoms. The Kier molecular flexibility index (Phi) is 5.14. The van der Waals surface area contributed by atoms with Crippen molar-refractivity contribution in [1.29, 1.82) is 0 Å². The molecule has 0 aliphatic carbocycles. The van der Waals surface area contributed by atoms with E-state index in [1.807, 2.05) is 72.8 Å². The van der Waals surface area contributed by atoms with Crippen molar-refractivity contribution in [2.45, 2.75) is 0 Å². The lowest BCUT2D eigenvalue weighted by molar-refractivity contribution is 1.17. The summed E-state index contributed by atoms with van der Waals surface area (Å²) in [7, 11) is 0. The van der Waals surface area contributed by atoms with E-state index in [9.17, 15) is 12.3 Å². The van der Waals surface area contributed by atoms with Crippen LogP contribution in [0.25, 0.3) is 116 Å². The first-order chi connectivity index (χ1) is 38.0. The highest BCUT2D eigenvalue weighted by molar-refractivity contribution is 6.26. The van der Waals surface area contributed by atoms with Crippen molar-refractivity contribution >= 4 is 65.4 Å². The molecule has 0 bridgehead atoms. The van der Waals surface area contributed by atoms with Crippen LogP contribution in [0, 0.1) is 0 Å². The molecule has 0 aliphatic rings. The zero-order chi connectivity index (χ0) is 55.4. The van der Waals surface area contributed by atoms with Crippen LogP contribution in [0.4, 0.5) is 0 Å². The lowest BCUT2D eigenvalue weighted by Crippen LogP contribution is -1.98. The highest BCUT2D eigenvalue weighted by Crippen LogP contribution is 2.45. The standard InChI is InChI=1S/C60H39N3/c1-3-16-40(17-4-1)42-30-34-44(35-31-42)61-54-27-13-9-22-50(54)58-48(24-15-29-56(58)61)46-20-7-12-26-53(46)63-55-28-14-10-23-51(55)59-57(63)39-38-49-47-21-8-11-25-52(47)62(60(49)59)45-36-32-43(33-37-45)41-18-5-2-6-19-41/h1-39H/i1D,3D,4D,9D,13D,15D,16D,17D,22D,24D,27D,29D,30D,31D,34D,35D. The summed E-state index contributed by atoms with van der Waals surface area (Å²) in [4.78, 5) is 0. The number of hydrogen-bond acceptors (Lipinski definition) is 0. The minimum atomic E-state index is -0.839. The second-order valence-electron chi connectivity index (χ2n) is 15.2. The summed E-state index contributed by atoms with van der Waals surface area (Å²) in [5, 5.41) is 3.54. The summed E-state index contributed by atoms with van der Waals surface area (Å²) in [6.07, 6.45) is 0. The van der Waals surface area contributed by atoms with Crippen LogP contribution >= 0.6 is 0 Å². The maximum absolute atomic E-state index is 9.81. The first kappa shape index (κ1) is 23.0. The maximum Gasteiger partial charge on any atom is 0.0645 e. The molecule has 294 valence electrons. The van der Waals surface area contributed by atoms with Crippen molar-refractivity contribution in [3.8, 4) is 50.4 Å². The largest absolute Gasteiger partial charge is 0.309 e. The average Bonchev–Trinajstić information content (AvgIpc) is 3.56. The third-order valence-corrected chi connectivity index (χ3v) is 11.9. The van der Waals surface area contributed by atoms with Crippen LogP contribution < -0.4 is 0 Å². The number of para-hydroxylation sites is 4. The number of hydrogen-bond donors (Lipinski definition) is 0. The molecule has 0 saturated heterocycles. The zero-order valence-corrected chi connectivity index (χ0v) is 33.1.